The van der Waals surface area contributed by atoms with Crippen LogP contribution in [-0.2, 0) is 63.6 Å². The summed E-state index contributed by atoms with van der Waals surface area (Å²) < 4.78 is 354. The van der Waals surface area contributed by atoms with Crippen LogP contribution in [0.2, 0.25) is 0 Å². The maximum Gasteiger partial charge on any atom is 0.416 e. The normalized spacial score (nSPS) is 14.2. The molecule has 0 fully saturated rings. The molecule has 410 valence electrons. The highest BCUT2D eigenvalue weighted by molar-refractivity contribution is 9.10. The molecule has 0 saturated carbocycles. The Morgan fingerprint density at radius 1 is 0.382 bits per heavy atom. The summed E-state index contributed by atoms with van der Waals surface area (Å²) in [6.07, 6.45) is -53.2. The first-order chi connectivity index (χ1) is 34.3. The summed E-state index contributed by atoms with van der Waals surface area (Å²) in [4.78, 5) is 12.9. The first-order valence-corrected chi connectivity index (χ1v) is 23.3. The molecule has 0 bridgehead atoms. The first-order valence-electron chi connectivity index (χ1n) is 20.4. The van der Waals surface area contributed by atoms with Crippen molar-refractivity contribution < 1.29 is 114 Å². The number of benzene rings is 6. The van der Waals surface area contributed by atoms with Gasteiger partial charge in [0.05, 0.1) is 44.5 Å². The van der Waals surface area contributed by atoms with Gasteiger partial charge in [-0.3, -0.25) is 4.79 Å². The molecule has 6 aromatic rings. The number of carbonyl (C=O) groups excluding carboxylic acids is 1. The fourth-order valence-corrected chi connectivity index (χ4v) is 9.66. The van der Waals surface area contributed by atoms with Gasteiger partial charge in [-0.05, 0) is 48.5 Å². The quantitative estimate of drug-likeness (QED) is 0.0659. The van der Waals surface area contributed by atoms with Gasteiger partial charge in [-0.1, -0.05) is 99.0 Å². The third-order valence-electron chi connectivity index (χ3n) is 11.3. The first kappa shape index (κ1) is 60.9. The van der Waals surface area contributed by atoms with Crippen LogP contribution in [0.15, 0.2) is 137 Å². The largest absolute Gasteiger partial charge is 0.416 e. The monoisotopic (exact) mass is 1200 g/mol. The Kier molecular flexibility index (Phi) is 16.6. The summed E-state index contributed by atoms with van der Waals surface area (Å²) in [5, 5.41) is 0. The van der Waals surface area contributed by atoms with E-state index in [0.717, 1.165) is 9.37 Å². The molecule has 0 aliphatic heterocycles. The molecule has 1 atom stereocenters. The Hall–Kier alpha value is -6.00. The maximum absolute atomic E-state index is 14.2. The van der Waals surface area contributed by atoms with E-state index in [4.69, 9.17) is 0 Å². The van der Waals surface area contributed by atoms with Crippen molar-refractivity contribution in [3.8, 4) is 0 Å². The average molecular weight is 1200 g/mol. The Bertz CT molecular complexity index is 2690. The number of Topliss-reactive ketones (excluding diaryl/α,β-unsaturated/α-hetero) is 1. The standard InChI is InChI=1S/C32H12BF24.C15H14BrO2S/c34-25(35,36)13-1-14(26(37,38)39)6-21(5-13)33(22-7-15(27(40,41)42)2-16(8-22)28(43,44)45,23-9-17(29(46,47)48)3-18(10-23)30(49,50)51)24-11-19(31(52,53)54)4-20(12-24)32(55,56)57;1-19(18,14-5-3-2-4-6-14)11-15(17)12-7-9-13(16)10-8-12/h1-12H;2-10H,11H2,1H3/q-1;+1. The van der Waals surface area contributed by atoms with Crippen LogP contribution in [0.3, 0.4) is 0 Å². The lowest BCUT2D eigenvalue weighted by molar-refractivity contribution is -0.144. The van der Waals surface area contributed by atoms with E-state index >= 15 is 0 Å². The second kappa shape index (κ2) is 20.8. The van der Waals surface area contributed by atoms with E-state index in [-0.39, 0.29) is 11.5 Å². The zero-order valence-corrected chi connectivity index (χ0v) is 39.5. The third kappa shape index (κ3) is 14.1. The summed E-state index contributed by atoms with van der Waals surface area (Å²) in [7, 11) is -2.33. The van der Waals surface area contributed by atoms with Crippen LogP contribution >= 0.6 is 15.9 Å². The molecule has 6 rings (SSSR count). The molecule has 2 nitrogen and oxygen atoms in total. The highest BCUT2D eigenvalue weighted by atomic mass is 79.9. The molecule has 1 unspecified atom stereocenters. The van der Waals surface area contributed by atoms with Gasteiger partial charge in [-0.25, -0.2) is 0 Å². The zero-order valence-electron chi connectivity index (χ0n) is 37.1. The zero-order chi connectivity index (χ0) is 57.8. The number of hydrogen-bond donors (Lipinski definition) is 0. The van der Waals surface area contributed by atoms with Crippen LogP contribution in [0.1, 0.15) is 54.9 Å². The molecule has 0 N–H and O–H groups in total. The van der Waals surface area contributed by atoms with E-state index in [9.17, 15) is 114 Å². The molecule has 0 aliphatic rings. The van der Waals surface area contributed by atoms with Gasteiger partial charge in [0.15, 0.2) is 10.6 Å². The third-order valence-corrected chi connectivity index (χ3v) is 13.9. The fourth-order valence-electron chi connectivity index (χ4n) is 7.83. The molecule has 0 spiro atoms. The number of rotatable bonds is 8. The lowest BCUT2D eigenvalue weighted by Crippen LogP contribution is -2.75. The Morgan fingerprint density at radius 3 is 0.816 bits per heavy atom. The molecular weight excluding hydrogens is 1180 g/mol. The Morgan fingerprint density at radius 2 is 0.605 bits per heavy atom. The maximum atomic E-state index is 14.2. The second-order valence-electron chi connectivity index (χ2n) is 16.6. The Balaban J connectivity index is 0.000000468. The predicted octanol–water partition coefficient (Wildman–Crippen LogP) is 15.0. The summed E-state index contributed by atoms with van der Waals surface area (Å²) in [6, 6.07) is 7.45. The van der Waals surface area contributed by atoms with Crippen molar-refractivity contribution in [2.45, 2.75) is 54.3 Å². The topological polar surface area (TPSA) is 34.1 Å². The van der Waals surface area contributed by atoms with Crippen LogP contribution in [0.5, 0.6) is 0 Å². The number of halogens is 25. The second-order valence-corrected chi connectivity index (χ2v) is 20.3. The van der Waals surface area contributed by atoms with Crippen molar-refractivity contribution >= 4 is 59.6 Å². The van der Waals surface area contributed by atoms with Crippen LogP contribution in [-0.4, -0.2) is 23.9 Å². The predicted molar refractivity (Wildman–Crippen MR) is 232 cm³/mol. The van der Waals surface area contributed by atoms with Crippen LogP contribution < -0.4 is 21.9 Å². The fraction of sp³-hybridized carbons (Fsp3) is 0.213. The van der Waals surface area contributed by atoms with Gasteiger partial charge in [0.25, 0.3) is 0 Å². The minimum absolute atomic E-state index is 0.0403. The summed E-state index contributed by atoms with van der Waals surface area (Å²) in [6.45, 7) is 0. The van der Waals surface area contributed by atoms with E-state index in [0.29, 0.717) is 5.56 Å². The molecular formula is C47H26BBrF24O2S. The van der Waals surface area contributed by atoms with E-state index in [1.54, 1.807) is 30.5 Å². The Labute approximate surface area is 421 Å². The van der Waals surface area contributed by atoms with Crippen LogP contribution in [0.4, 0.5) is 105 Å². The highest BCUT2D eigenvalue weighted by Crippen LogP contribution is 2.41. The lowest BCUT2D eigenvalue weighted by atomic mass is 9.12. The van der Waals surface area contributed by atoms with E-state index in [1.807, 2.05) is 30.3 Å². The van der Waals surface area contributed by atoms with Gasteiger partial charge in [0.2, 0.25) is 5.78 Å². The van der Waals surface area contributed by atoms with Crippen molar-refractivity contribution in [2.75, 3.05) is 12.0 Å². The minimum atomic E-state index is -6.13. The number of ketones is 1. The molecule has 0 amide bonds. The molecule has 0 heterocycles. The average Bonchev–Trinajstić information content (AvgIpc) is 3.27. The highest BCUT2D eigenvalue weighted by Gasteiger charge is 2.47. The number of carbonyl (C=O) groups is 1. The van der Waals surface area contributed by atoms with E-state index < -0.39 is 205 Å². The molecule has 29 heteroatoms. The van der Waals surface area contributed by atoms with E-state index in [2.05, 4.69) is 15.9 Å². The van der Waals surface area contributed by atoms with Crippen molar-refractivity contribution in [2.24, 2.45) is 0 Å². The molecule has 6 aromatic carbocycles. The smallest absolute Gasteiger partial charge is 0.289 e. The summed E-state index contributed by atoms with van der Waals surface area (Å²) in [5.74, 6) is -0.0533. The van der Waals surface area contributed by atoms with Gasteiger partial charge < -0.3 is 0 Å². The minimum Gasteiger partial charge on any atom is -0.289 e. The molecule has 76 heavy (non-hydrogen) atoms. The van der Waals surface area contributed by atoms with E-state index in [1.165, 1.54) is 0 Å². The molecule has 0 aliphatic carbocycles. The molecule has 0 aromatic heterocycles. The van der Waals surface area contributed by atoms with Crippen molar-refractivity contribution in [1.82, 2.24) is 0 Å². The van der Waals surface area contributed by atoms with Crippen LogP contribution in [0.25, 0.3) is 0 Å². The molecule has 0 radical (unpaired) electrons. The molecule has 0 saturated heterocycles. The van der Waals surface area contributed by atoms with Gasteiger partial charge >= 0.3 is 49.4 Å². The van der Waals surface area contributed by atoms with Gasteiger partial charge in [0.1, 0.15) is 22.3 Å². The number of alkyl halides is 24. The van der Waals surface area contributed by atoms with Gasteiger partial charge in [-0.2, -0.15) is 127 Å². The van der Waals surface area contributed by atoms with Gasteiger partial charge in [0, 0.05) is 10.0 Å². The lowest BCUT2D eigenvalue weighted by Gasteiger charge is -2.46. The van der Waals surface area contributed by atoms with Crippen LogP contribution in [0, 0.1) is 0 Å². The van der Waals surface area contributed by atoms with Crippen molar-refractivity contribution in [1.29, 1.82) is 0 Å². The van der Waals surface area contributed by atoms with Crippen molar-refractivity contribution in [3.63, 3.8) is 0 Å². The van der Waals surface area contributed by atoms with Gasteiger partial charge in [-0.15, -0.1) is 0 Å². The summed E-state index contributed by atoms with van der Waals surface area (Å²) in [5.41, 5.74) is -29.6. The number of hydrogen-bond acceptors (Lipinski definition) is 2. The van der Waals surface area contributed by atoms with Crippen molar-refractivity contribution in [3.05, 3.63) is 182 Å². The SMILES string of the molecule is C[S+](=O)(CC(=O)c1ccc(Br)cc1)c1ccccc1.FC(F)(F)c1cc([B-](c2cc(C(F)(F)F)cc(C(F)(F)F)c2)(c2cc(C(F)(F)F)cc(C(F)(F)F)c2)c2cc(C(F)(F)F)cc(C(F)(F)F)c2)cc(C(F)(F)F)c1. The summed E-state index contributed by atoms with van der Waals surface area (Å²) >= 11 is 3.32.